The zero-order chi connectivity index (χ0) is 55.7. The monoisotopic (exact) mass is 1070 g/mol. The van der Waals surface area contributed by atoms with Crippen LogP contribution in [0.1, 0.15) is 290 Å². The van der Waals surface area contributed by atoms with Crippen molar-refractivity contribution >= 4 is 17.9 Å². The summed E-state index contributed by atoms with van der Waals surface area (Å²) in [5.41, 5.74) is 0. The van der Waals surface area contributed by atoms with Crippen LogP contribution in [0.25, 0.3) is 0 Å². The van der Waals surface area contributed by atoms with Crippen molar-refractivity contribution in [1.29, 1.82) is 0 Å². The van der Waals surface area contributed by atoms with Crippen LogP contribution in [0.4, 0.5) is 0 Å². The SMILES string of the molecule is CC/C=C\C/C=C\C/C=C\C/C=C\C/C=C\C/C=C\CCC(=O)OC(COC(=O)CCCCCCC/C=C\CCCCCCCC)COC(=O)CCCCCCCCCCCC/C=C\C/C=C\C/C=C\CCCCCCC. The van der Waals surface area contributed by atoms with Gasteiger partial charge < -0.3 is 14.2 Å². The van der Waals surface area contributed by atoms with E-state index in [1.165, 1.54) is 141 Å². The Morgan fingerprint density at radius 2 is 0.532 bits per heavy atom. The molecule has 77 heavy (non-hydrogen) atoms. The van der Waals surface area contributed by atoms with Gasteiger partial charge in [0.15, 0.2) is 6.10 Å². The van der Waals surface area contributed by atoms with Gasteiger partial charge in [0.1, 0.15) is 13.2 Å². The predicted molar refractivity (Wildman–Crippen MR) is 334 cm³/mol. The molecule has 6 nitrogen and oxygen atoms in total. The Hall–Kier alpha value is -4.19. The fraction of sp³-hybridized carbons (Fsp3) is 0.676. The average molecular weight is 1070 g/mol. The molecule has 0 saturated heterocycles. The van der Waals surface area contributed by atoms with E-state index in [0.717, 1.165) is 103 Å². The molecule has 6 heteroatoms. The van der Waals surface area contributed by atoms with Gasteiger partial charge in [-0.3, -0.25) is 14.4 Å². The highest BCUT2D eigenvalue weighted by molar-refractivity contribution is 5.71. The van der Waals surface area contributed by atoms with Crippen LogP contribution < -0.4 is 0 Å². The van der Waals surface area contributed by atoms with Crippen molar-refractivity contribution in [2.24, 2.45) is 0 Å². The van der Waals surface area contributed by atoms with Crippen molar-refractivity contribution in [2.75, 3.05) is 13.2 Å². The van der Waals surface area contributed by atoms with Crippen LogP contribution in [0.2, 0.25) is 0 Å². The van der Waals surface area contributed by atoms with E-state index in [1.807, 2.05) is 6.08 Å². The van der Waals surface area contributed by atoms with E-state index >= 15 is 0 Å². The Labute approximate surface area is 475 Å². The molecule has 0 aromatic carbocycles. The number of carbonyl (C=O) groups excluding carboxylic acids is 3. The number of hydrogen-bond donors (Lipinski definition) is 0. The summed E-state index contributed by atoms with van der Waals surface area (Å²) < 4.78 is 16.8. The van der Waals surface area contributed by atoms with Crippen molar-refractivity contribution in [3.05, 3.63) is 122 Å². The molecule has 0 aromatic rings. The zero-order valence-corrected chi connectivity index (χ0v) is 50.2. The van der Waals surface area contributed by atoms with Crippen LogP contribution in [-0.2, 0) is 28.6 Å². The smallest absolute Gasteiger partial charge is 0.306 e. The molecule has 0 N–H and O–H groups in total. The predicted octanol–water partition coefficient (Wildman–Crippen LogP) is 22.0. The lowest BCUT2D eigenvalue weighted by Gasteiger charge is -2.18. The average Bonchev–Trinajstić information content (AvgIpc) is 3.43. The first-order valence-corrected chi connectivity index (χ1v) is 32.0. The maximum absolute atomic E-state index is 12.9. The quantitative estimate of drug-likeness (QED) is 0.0261. The highest BCUT2D eigenvalue weighted by atomic mass is 16.6. The molecule has 0 amide bonds. The lowest BCUT2D eigenvalue weighted by atomic mass is 10.1. The molecule has 0 heterocycles. The molecule has 0 rings (SSSR count). The highest BCUT2D eigenvalue weighted by Gasteiger charge is 2.19. The van der Waals surface area contributed by atoms with E-state index in [0.29, 0.717) is 19.3 Å². The van der Waals surface area contributed by atoms with Gasteiger partial charge in [-0.1, -0.05) is 271 Å². The largest absolute Gasteiger partial charge is 0.462 e. The molecular formula is C71H118O6. The summed E-state index contributed by atoms with van der Waals surface area (Å²) >= 11 is 0. The van der Waals surface area contributed by atoms with E-state index in [9.17, 15) is 14.4 Å². The summed E-state index contributed by atoms with van der Waals surface area (Å²) in [7, 11) is 0. The minimum Gasteiger partial charge on any atom is -0.462 e. The first kappa shape index (κ1) is 72.8. The van der Waals surface area contributed by atoms with Crippen LogP contribution in [0, 0.1) is 0 Å². The van der Waals surface area contributed by atoms with Crippen LogP contribution in [0.3, 0.4) is 0 Å². The number of carbonyl (C=O) groups is 3. The second kappa shape index (κ2) is 64.3. The van der Waals surface area contributed by atoms with E-state index in [4.69, 9.17) is 14.2 Å². The van der Waals surface area contributed by atoms with Crippen LogP contribution >= 0.6 is 0 Å². The van der Waals surface area contributed by atoms with Crippen molar-refractivity contribution in [3.8, 4) is 0 Å². The minimum atomic E-state index is -0.828. The molecule has 0 bridgehead atoms. The van der Waals surface area contributed by atoms with Crippen LogP contribution in [0.15, 0.2) is 122 Å². The molecule has 0 radical (unpaired) electrons. The first-order valence-electron chi connectivity index (χ1n) is 32.0. The molecule has 0 saturated carbocycles. The van der Waals surface area contributed by atoms with E-state index in [2.05, 4.69) is 136 Å². The molecule has 0 aromatic heterocycles. The molecule has 1 unspecified atom stereocenters. The van der Waals surface area contributed by atoms with Gasteiger partial charge in [0.25, 0.3) is 0 Å². The molecule has 0 aliphatic carbocycles. The number of ether oxygens (including phenoxy) is 3. The summed E-state index contributed by atoms with van der Waals surface area (Å²) in [6.07, 6.45) is 89.3. The van der Waals surface area contributed by atoms with Gasteiger partial charge in [0, 0.05) is 19.3 Å². The molecule has 0 aliphatic heterocycles. The molecule has 0 aliphatic rings. The van der Waals surface area contributed by atoms with Gasteiger partial charge in [-0.15, -0.1) is 0 Å². The fourth-order valence-corrected chi connectivity index (χ4v) is 8.65. The van der Waals surface area contributed by atoms with E-state index in [-0.39, 0.29) is 31.6 Å². The third kappa shape index (κ3) is 62.5. The number of hydrogen-bond acceptors (Lipinski definition) is 6. The summed E-state index contributed by atoms with van der Waals surface area (Å²) in [6.45, 7) is 6.45. The number of unbranched alkanes of at least 4 members (excludes halogenated alkanes) is 26. The van der Waals surface area contributed by atoms with Crippen LogP contribution in [0.5, 0.6) is 0 Å². The molecule has 1 atom stereocenters. The van der Waals surface area contributed by atoms with Gasteiger partial charge in [0.05, 0.1) is 0 Å². The Morgan fingerprint density at radius 1 is 0.273 bits per heavy atom. The summed E-state index contributed by atoms with van der Waals surface area (Å²) in [4.78, 5) is 38.3. The number of allylic oxidation sites excluding steroid dienone is 20. The molecule has 438 valence electrons. The second-order valence-corrected chi connectivity index (χ2v) is 20.9. The maximum atomic E-state index is 12.9. The number of rotatable bonds is 57. The molecular weight excluding hydrogens is 949 g/mol. The van der Waals surface area contributed by atoms with Crippen molar-refractivity contribution in [2.45, 2.75) is 297 Å². The topological polar surface area (TPSA) is 78.9 Å². The van der Waals surface area contributed by atoms with Crippen molar-refractivity contribution in [3.63, 3.8) is 0 Å². The van der Waals surface area contributed by atoms with Crippen molar-refractivity contribution in [1.82, 2.24) is 0 Å². The summed E-state index contributed by atoms with van der Waals surface area (Å²) in [5, 5.41) is 0. The summed E-state index contributed by atoms with van der Waals surface area (Å²) in [6, 6.07) is 0. The fourth-order valence-electron chi connectivity index (χ4n) is 8.65. The van der Waals surface area contributed by atoms with Gasteiger partial charge >= 0.3 is 17.9 Å². The Balaban J connectivity index is 4.46. The van der Waals surface area contributed by atoms with Gasteiger partial charge in [-0.05, 0) is 122 Å². The Kier molecular flexibility index (Phi) is 60.8. The van der Waals surface area contributed by atoms with Crippen LogP contribution in [-0.4, -0.2) is 37.2 Å². The Morgan fingerprint density at radius 3 is 0.857 bits per heavy atom. The van der Waals surface area contributed by atoms with Crippen molar-refractivity contribution < 1.29 is 28.6 Å². The van der Waals surface area contributed by atoms with Gasteiger partial charge in [0.2, 0.25) is 0 Å². The van der Waals surface area contributed by atoms with E-state index < -0.39 is 12.1 Å². The first-order chi connectivity index (χ1) is 38.0. The Bertz CT molecular complexity index is 1600. The van der Waals surface area contributed by atoms with E-state index in [1.54, 1.807) is 0 Å². The third-order valence-electron chi connectivity index (χ3n) is 13.4. The standard InChI is InChI=1S/C71H118O6/c1-4-7-10-13-16-19-22-25-28-30-32-33-34-35-36-37-39-40-43-46-49-52-55-58-61-64-70(73)76-67-68(66-75-69(72)63-60-57-54-51-48-45-42-27-24-21-18-15-12-9-6-3)77-71(74)65-62-59-56-53-50-47-44-41-38-31-29-26-23-20-17-14-11-8-5-2/h8,11,17,20,22,25-27,29-30,32,34-35,38,41-42,47,50,56,59,68H,4-7,9-10,12-16,18-19,21,23-24,28,31,33,36-37,39-40,43-46,48-49,51-55,57-58,60-67H2,1-3H3/b11-8-,20-17-,25-22-,29-26-,32-30-,35-34-,41-38-,42-27-,50-47-,59-56-. The maximum Gasteiger partial charge on any atom is 0.306 e. The zero-order valence-electron chi connectivity index (χ0n) is 50.2. The molecule has 0 fully saturated rings. The highest BCUT2D eigenvalue weighted by Crippen LogP contribution is 2.15. The summed E-state index contributed by atoms with van der Waals surface area (Å²) in [5.74, 6) is -1.01. The second-order valence-electron chi connectivity index (χ2n) is 20.9. The minimum absolute atomic E-state index is 0.115. The lowest BCUT2D eigenvalue weighted by Crippen LogP contribution is -2.30. The van der Waals surface area contributed by atoms with Gasteiger partial charge in [-0.2, -0.15) is 0 Å². The lowest BCUT2D eigenvalue weighted by molar-refractivity contribution is -0.166. The third-order valence-corrected chi connectivity index (χ3v) is 13.4. The number of esters is 3. The van der Waals surface area contributed by atoms with Gasteiger partial charge in [-0.25, -0.2) is 0 Å². The normalized spacial score (nSPS) is 12.9. The molecule has 0 spiro atoms.